The maximum atomic E-state index is 9.12. The monoisotopic (exact) mass is 171 g/mol. The smallest absolute Gasteiger partial charge is 0.0636 e. The maximum Gasteiger partial charge on any atom is 0.0636 e. The molecule has 0 bridgehead atoms. The molecule has 2 heteroatoms. The minimum atomic E-state index is -0.221. The Kier molecular flexibility index (Phi) is 3.13. The van der Waals surface area contributed by atoms with Gasteiger partial charge in [-0.25, -0.2) is 0 Å². The van der Waals surface area contributed by atoms with Crippen LogP contribution in [0, 0.1) is 5.41 Å². The second-order valence-electron chi connectivity index (χ2n) is 4.69. The lowest BCUT2D eigenvalue weighted by molar-refractivity contribution is 0.172. The van der Waals surface area contributed by atoms with Crippen LogP contribution in [-0.4, -0.2) is 23.8 Å². The summed E-state index contributed by atoms with van der Waals surface area (Å²) in [6, 6.07) is 0.604. The summed E-state index contributed by atoms with van der Waals surface area (Å²) < 4.78 is 0. The molecule has 1 aliphatic rings. The van der Waals surface area contributed by atoms with E-state index in [9.17, 15) is 0 Å². The van der Waals surface area contributed by atoms with Crippen LogP contribution in [0.1, 0.15) is 40.0 Å². The summed E-state index contributed by atoms with van der Waals surface area (Å²) in [6.07, 6.45) is 3.68. The highest BCUT2D eigenvalue weighted by atomic mass is 16.3. The number of hydrogen-bond donors (Lipinski definition) is 2. The van der Waals surface area contributed by atoms with E-state index in [2.05, 4.69) is 19.2 Å². The zero-order valence-electron chi connectivity index (χ0n) is 8.43. The number of rotatable bonds is 3. The van der Waals surface area contributed by atoms with E-state index in [0.29, 0.717) is 11.5 Å². The van der Waals surface area contributed by atoms with Gasteiger partial charge in [-0.05, 0) is 25.2 Å². The third kappa shape index (κ3) is 2.46. The molecule has 0 aromatic carbocycles. The van der Waals surface area contributed by atoms with Crippen LogP contribution in [0.3, 0.4) is 0 Å². The van der Waals surface area contributed by atoms with Gasteiger partial charge in [0.05, 0.1) is 6.10 Å². The fourth-order valence-electron chi connectivity index (χ4n) is 2.02. The van der Waals surface area contributed by atoms with Crippen molar-refractivity contribution in [3.05, 3.63) is 0 Å². The minimum Gasteiger partial charge on any atom is -0.392 e. The Bertz CT molecular complexity index is 143. The number of aliphatic hydroxyl groups is 1. The van der Waals surface area contributed by atoms with Crippen molar-refractivity contribution < 1.29 is 5.11 Å². The summed E-state index contributed by atoms with van der Waals surface area (Å²) in [4.78, 5) is 0. The van der Waals surface area contributed by atoms with Crippen LogP contribution in [0.25, 0.3) is 0 Å². The third-order valence-electron chi connectivity index (χ3n) is 2.92. The predicted molar refractivity (Wildman–Crippen MR) is 51.1 cm³/mol. The van der Waals surface area contributed by atoms with Crippen LogP contribution < -0.4 is 5.32 Å². The number of aliphatic hydroxyl groups excluding tert-OH is 1. The first-order valence-corrected chi connectivity index (χ1v) is 4.94. The standard InChI is InChI=1S/C10H21NO/c1-8(12)7-11-9-5-4-6-10(9,2)3/h8-9,11-12H,4-7H2,1-3H3. The van der Waals surface area contributed by atoms with Crippen molar-refractivity contribution in [2.75, 3.05) is 6.54 Å². The Morgan fingerprint density at radius 2 is 2.25 bits per heavy atom. The second kappa shape index (κ2) is 3.75. The number of nitrogens with one attached hydrogen (secondary N) is 1. The molecule has 1 fully saturated rings. The van der Waals surface area contributed by atoms with Crippen LogP contribution in [0.4, 0.5) is 0 Å². The first kappa shape index (κ1) is 10.0. The molecule has 2 unspecified atom stereocenters. The van der Waals surface area contributed by atoms with Gasteiger partial charge in [-0.3, -0.25) is 0 Å². The van der Waals surface area contributed by atoms with Crippen LogP contribution in [0.15, 0.2) is 0 Å². The van der Waals surface area contributed by atoms with Crippen LogP contribution in [0.5, 0.6) is 0 Å². The third-order valence-corrected chi connectivity index (χ3v) is 2.92. The Labute approximate surface area is 75.4 Å². The lowest BCUT2D eigenvalue weighted by Crippen LogP contribution is -2.40. The minimum absolute atomic E-state index is 0.221. The Morgan fingerprint density at radius 3 is 2.67 bits per heavy atom. The van der Waals surface area contributed by atoms with E-state index in [4.69, 9.17) is 5.11 Å². The lowest BCUT2D eigenvalue weighted by Gasteiger charge is -2.28. The van der Waals surface area contributed by atoms with Gasteiger partial charge >= 0.3 is 0 Å². The molecule has 1 saturated carbocycles. The maximum absolute atomic E-state index is 9.12. The molecule has 0 spiro atoms. The molecule has 0 amide bonds. The lowest BCUT2D eigenvalue weighted by atomic mass is 9.87. The first-order valence-electron chi connectivity index (χ1n) is 4.94. The van der Waals surface area contributed by atoms with Gasteiger partial charge in [0.1, 0.15) is 0 Å². The fourth-order valence-corrected chi connectivity index (χ4v) is 2.02. The van der Waals surface area contributed by atoms with Gasteiger partial charge in [-0.15, -0.1) is 0 Å². The summed E-state index contributed by atoms with van der Waals surface area (Å²) in [6.45, 7) is 7.17. The van der Waals surface area contributed by atoms with Crippen molar-refractivity contribution in [2.45, 2.75) is 52.2 Å². The van der Waals surface area contributed by atoms with Gasteiger partial charge in [-0.2, -0.15) is 0 Å². The SMILES string of the molecule is CC(O)CNC1CCCC1(C)C. The van der Waals surface area contributed by atoms with Crippen LogP contribution >= 0.6 is 0 Å². The molecular formula is C10H21NO. The molecule has 2 nitrogen and oxygen atoms in total. The van der Waals surface area contributed by atoms with E-state index in [-0.39, 0.29) is 6.10 Å². The Balaban J connectivity index is 2.32. The van der Waals surface area contributed by atoms with Crippen LogP contribution in [-0.2, 0) is 0 Å². The summed E-state index contributed by atoms with van der Waals surface area (Å²) >= 11 is 0. The molecule has 0 aliphatic heterocycles. The van der Waals surface area contributed by atoms with E-state index in [0.717, 1.165) is 6.54 Å². The largest absolute Gasteiger partial charge is 0.392 e. The van der Waals surface area contributed by atoms with Gasteiger partial charge in [0.25, 0.3) is 0 Å². The summed E-state index contributed by atoms with van der Waals surface area (Å²) in [5.41, 5.74) is 0.425. The Hall–Kier alpha value is -0.0800. The molecule has 2 atom stereocenters. The first-order chi connectivity index (χ1) is 5.52. The van der Waals surface area contributed by atoms with Gasteiger partial charge < -0.3 is 10.4 Å². The molecular weight excluding hydrogens is 150 g/mol. The van der Waals surface area contributed by atoms with Crippen molar-refractivity contribution in [3.63, 3.8) is 0 Å². The quantitative estimate of drug-likeness (QED) is 0.675. The molecule has 12 heavy (non-hydrogen) atoms. The summed E-state index contributed by atoms with van der Waals surface area (Å²) in [7, 11) is 0. The van der Waals surface area contributed by atoms with Gasteiger partial charge in [0.15, 0.2) is 0 Å². The fraction of sp³-hybridized carbons (Fsp3) is 1.00. The predicted octanol–water partition coefficient (Wildman–Crippen LogP) is 1.54. The van der Waals surface area contributed by atoms with Gasteiger partial charge in [-0.1, -0.05) is 20.3 Å². The summed E-state index contributed by atoms with van der Waals surface area (Å²) in [5, 5.41) is 12.5. The van der Waals surface area contributed by atoms with Crippen molar-refractivity contribution in [1.29, 1.82) is 0 Å². The molecule has 0 radical (unpaired) electrons. The topological polar surface area (TPSA) is 32.3 Å². The molecule has 2 N–H and O–H groups in total. The molecule has 0 aromatic rings. The van der Waals surface area contributed by atoms with E-state index in [1.54, 1.807) is 0 Å². The highest BCUT2D eigenvalue weighted by molar-refractivity contribution is 4.90. The molecule has 1 rings (SSSR count). The highest BCUT2D eigenvalue weighted by Gasteiger charge is 2.33. The van der Waals surface area contributed by atoms with Crippen molar-refractivity contribution in [1.82, 2.24) is 5.32 Å². The average molecular weight is 171 g/mol. The van der Waals surface area contributed by atoms with E-state index < -0.39 is 0 Å². The van der Waals surface area contributed by atoms with Crippen molar-refractivity contribution in [3.8, 4) is 0 Å². The molecule has 1 aliphatic carbocycles. The molecule has 72 valence electrons. The van der Waals surface area contributed by atoms with Crippen molar-refractivity contribution >= 4 is 0 Å². The molecule has 0 aromatic heterocycles. The normalized spacial score (nSPS) is 30.5. The molecule has 0 saturated heterocycles. The second-order valence-corrected chi connectivity index (χ2v) is 4.69. The van der Waals surface area contributed by atoms with E-state index in [1.165, 1.54) is 19.3 Å². The Morgan fingerprint density at radius 1 is 1.58 bits per heavy atom. The van der Waals surface area contributed by atoms with Crippen LogP contribution in [0.2, 0.25) is 0 Å². The van der Waals surface area contributed by atoms with E-state index >= 15 is 0 Å². The van der Waals surface area contributed by atoms with Gasteiger partial charge in [0.2, 0.25) is 0 Å². The summed E-state index contributed by atoms with van der Waals surface area (Å²) in [5.74, 6) is 0. The average Bonchev–Trinajstić information content (AvgIpc) is 2.25. The zero-order valence-corrected chi connectivity index (χ0v) is 8.43. The van der Waals surface area contributed by atoms with Crippen molar-refractivity contribution in [2.24, 2.45) is 5.41 Å². The zero-order chi connectivity index (χ0) is 9.19. The number of hydrogen-bond acceptors (Lipinski definition) is 2. The highest BCUT2D eigenvalue weighted by Crippen LogP contribution is 2.36. The van der Waals surface area contributed by atoms with E-state index in [1.807, 2.05) is 6.92 Å². The van der Waals surface area contributed by atoms with Gasteiger partial charge in [0, 0.05) is 12.6 Å². The molecule has 0 heterocycles.